The standard InChI is InChI=1S/C15H12N4S/c1-4-16-13-3-8-20-15(13)12(1)18-10-11-2-6-19-7-5-17-14(19)9-11/h1-9H,10H2,(H,16,18). The van der Waals surface area contributed by atoms with Crippen molar-refractivity contribution < 1.29 is 0 Å². The highest BCUT2D eigenvalue weighted by atomic mass is 32.1. The molecule has 0 spiro atoms. The highest BCUT2D eigenvalue weighted by Gasteiger charge is 2.03. The highest BCUT2D eigenvalue weighted by Crippen LogP contribution is 2.27. The number of imidazole rings is 1. The van der Waals surface area contributed by atoms with Gasteiger partial charge in [0, 0.05) is 31.3 Å². The molecule has 5 heteroatoms. The van der Waals surface area contributed by atoms with Crippen molar-refractivity contribution in [1.82, 2.24) is 14.4 Å². The minimum absolute atomic E-state index is 0.778. The molecule has 20 heavy (non-hydrogen) atoms. The van der Waals surface area contributed by atoms with Gasteiger partial charge in [-0.1, -0.05) is 0 Å². The van der Waals surface area contributed by atoms with Crippen LogP contribution in [0.25, 0.3) is 15.9 Å². The van der Waals surface area contributed by atoms with E-state index in [1.807, 2.05) is 41.3 Å². The van der Waals surface area contributed by atoms with Gasteiger partial charge in [0.1, 0.15) is 5.65 Å². The molecule has 0 saturated heterocycles. The van der Waals surface area contributed by atoms with Gasteiger partial charge >= 0.3 is 0 Å². The maximum atomic E-state index is 4.35. The minimum Gasteiger partial charge on any atom is -0.380 e. The van der Waals surface area contributed by atoms with Crippen molar-refractivity contribution in [3.63, 3.8) is 0 Å². The summed E-state index contributed by atoms with van der Waals surface area (Å²) in [6, 6.07) is 8.27. The maximum absolute atomic E-state index is 4.35. The molecular formula is C15H12N4S. The van der Waals surface area contributed by atoms with E-state index in [0.717, 1.165) is 23.4 Å². The molecule has 0 fully saturated rings. The molecule has 0 aromatic carbocycles. The average molecular weight is 280 g/mol. The van der Waals surface area contributed by atoms with Crippen LogP contribution in [0.4, 0.5) is 5.69 Å². The second-order valence-electron chi connectivity index (χ2n) is 4.57. The van der Waals surface area contributed by atoms with Gasteiger partial charge in [0.05, 0.1) is 15.9 Å². The SMILES string of the molecule is c1cc(NCc2ccn3ccnc3c2)c2sccc2n1. The van der Waals surface area contributed by atoms with Crippen LogP contribution in [0.15, 0.2) is 54.4 Å². The van der Waals surface area contributed by atoms with Crippen molar-refractivity contribution in [1.29, 1.82) is 0 Å². The third-order valence-corrected chi connectivity index (χ3v) is 4.23. The van der Waals surface area contributed by atoms with E-state index in [1.54, 1.807) is 11.3 Å². The number of rotatable bonds is 3. The highest BCUT2D eigenvalue weighted by molar-refractivity contribution is 7.17. The summed E-state index contributed by atoms with van der Waals surface area (Å²) in [5, 5.41) is 5.55. The molecule has 0 aliphatic rings. The van der Waals surface area contributed by atoms with Crippen molar-refractivity contribution in [3.8, 4) is 0 Å². The summed E-state index contributed by atoms with van der Waals surface area (Å²) in [4.78, 5) is 8.65. The molecule has 1 N–H and O–H groups in total. The van der Waals surface area contributed by atoms with Gasteiger partial charge in [-0.2, -0.15) is 0 Å². The summed E-state index contributed by atoms with van der Waals surface area (Å²) in [6.07, 6.45) is 7.64. The molecule has 0 bridgehead atoms. The van der Waals surface area contributed by atoms with Crippen molar-refractivity contribution >= 4 is 32.9 Å². The number of pyridine rings is 2. The quantitative estimate of drug-likeness (QED) is 0.624. The summed E-state index contributed by atoms with van der Waals surface area (Å²) in [7, 11) is 0. The van der Waals surface area contributed by atoms with Gasteiger partial charge in [-0.25, -0.2) is 4.98 Å². The lowest BCUT2D eigenvalue weighted by Gasteiger charge is -2.07. The lowest BCUT2D eigenvalue weighted by atomic mass is 10.2. The van der Waals surface area contributed by atoms with Gasteiger partial charge in [-0.3, -0.25) is 4.98 Å². The zero-order valence-electron chi connectivity index (χ0n) is 10.7. The fourth-order valence-electron chi connectivity index (χ4n) is 2.27. The van der Waals surface area contributed by atoms with Crippen LogP contribution in [0, 0.1) is 0 Å². The lowest BCUT2D eigenvalue weighted by molar-refractivity contribution is 1.11. The van der Waals surface area contributed by atoms with Crippen molar-refractivity contribution in [3.05, 3.63) is 60.0 Å². The number of aromatic nitrogens is 3. The summed E-state index contributed by atoms with van der Waals surface area (Å²) >= 11 is 1.71. The molecule has 98 valence electrons. The van der Waals surface area contributed by atoms with Gasteiger partial charge in [-0.15, -0.1) is 11.3 Å². The number of hydrogen-bond donors (Lipinski definition) is 1. The molecule has 0 aliphatic carbocycles. The molecule has 0 radical (unpaired) electrons. The molecule has 0 unspecified atom stereocenters. The first-order valence-electron chi connectivity index (χ1n) is 6.38. The smallest absolute Gasteiger partial charge is 0.136 e. The zero-order chi connectivity index (χ0) is 13.4. The topological polar surface area (TPSA) is 42.2 Å². The molecular weight excluding hydrogens is 268 g/mol. The second-order valence-corrected chi connectivity index (χ2v) is 5.49. The predicted octanol–water partition coefficient (Wildman–Crippen LogP) is 3.56. The largest absolute Gasteiger partial charge is 0.380 e. The Morgan fingerprint density at radius 2 is 2.10 bits per heavy atom. The Kier molecular flexibility index (Phi) is 2.63. The normalized spacial score (nSPS) is 11.2. The van der Waals surface area contributed by atoms with Crippen LogP contribution in [0.5, 0.6) is 0 Å². The van der Waals surface area contributed by atoms with Crippen LogP contribution < -0.4 is 5.32 Å². The Morgan fingerprint density at radius 3 is 3.10 bits per heavy atom. The van der Waals surface area contributed by atoms with E-state index in [0.29, 0.717) is 0 Å². The first-order chi connectivity index (χ1) is 9.90. The van der Waals surface area contributed by atoms with Crippen molar-refractivity contribution in [2.75, 3.05) is 5.32 Å². The van der Waals surface area contributed by atoms with Crippen LogP contribution in [-0.2, 0) is 6.54 Å². The minimum atomic E-state index is 0.778. The molecule has 4 nitrogen and oxygen atoms in total. The zero-order valence-corrected chi connectivity index (χ0v) is 11.5. The van der Waals surface area contributed by atoms with E-state index in [-0.39, 0.29) is 0 Å². The van der Waals surface area contributed by atoms with Gasteiger partial charge in [0.25, 0.3) is 0 Å². The number of hydrogen-bond acceptors (Lipinski definition) is 4. The third kappa shape index (κ3) is 1.92. The fourth-order valence-corrected chi connectivity index (χ4v) is 3.11. The fraction of sp³-hybridized carbons (Fsp3) is 0.0667. The summed E-state index contributed by atoms with van der Waals surface area (Å²) in [6.45, 7) is 0.778. The molecule has 0 saturated carbocycles. The number of fused-ring (bicyclic) bond motifs is 2. The van der Waals surface area contributed by atoms with Gasteiger partial charge in [-0.05, 0) is 35.2 Å². The van der Waals surface area contributed by atoms with E-state index >= 15 is 0 Å². The van der Waals surface area contributed by atoms with Gasteiger partial charge in [0.2, 0.25) is 0 Å². The van der Waals surface area contributed by atoms with Crippen LogP contribution in [0.2, 0.25) is 0 Å². The molecule has 4 aromatic rings. The Labute approximate surface area is 119 Å². The molecule has 4 aromatic heterocycles. The Hall–Kier alpha value is -2.40. The molecule has 0 aliphatic heterocycles. The van der Waals surface area contributed by atoms with Crippen LogP contribution in [0.3, 0.4) is 0 Å². The Morgan fingerprint density at radius 1 is 1.10 bits per heavy atom. The second kappa shape index (κ2) is 4.61. The van der Waals surface area contributed by atoms with E-state index in [1.165, 1.54) is 10.3 Å². The first-order valence-corrected chi connectivity index (χ1v) is 7.26. The maximum Gasteiger partial charge on any atom is 0.136 e. The number of thiophene rings is 1. The lowest BCUT2D eigenvalue weighted by Crippen LogP contribution is -2.00. The predicted molar refractivity (Wildman–Crippen MR) is 82.1 cm³/mol. The van der Waals surface area contributed by atoms with Crippen LogP contribution in [-0.4, -0.2) is 14.4 Å². The van der Waals surface area contributed by atoms with Crippen LogP contribution in [0.1, 0.15) is 5.56 Å². The van der Waals surface area contributed by atoms with E-state index in [4.69, 9.17) is 0 Å². The van der Waals surface area contributed by atoms with E-state index in [9.17, 15) is 0 Å². The number of anilines is 1. The molecule has 4 rings (SSSR count). The molecule has 0 atom stereocenters. The summed E-state index contributed by atoms with van der Waals surface area (Å²) in [5.74, 6) is 0. The van der Waals surface area contributed by atoms with Crippen LogP contribution >= 0.6 is 11.3 Å². The first kappa shape index (κ1) is 11.4. The third-order valence-electron chi connectivity index (χ3n) is 3.29. The van der Waals surface area contributed by atoms with E-state index in [2.05, 4.69) is 32.8 Å². The number of nitrogens with one attached hydrogen (secondary N) is 1. The van der Waals surface area contributed by atoms with E-state index < -0.39 is 0 Å². The average Bonchev–Trinajstić information content (AvgIpc) is 3.13. The monoisotopic (exact) mass is 280 g/mol. The summed E-state index contributed by atoms with van der Waals surface area (Å²) < 4.78 is 3.21. The summed E-state index contributed by atoms with van der Waals surface area (Å²) in [5.41, 5.74) is 4.36. The van der Waals surface area contributed by atoms with Crippen molar-refractivity contribution in [2.24, 2.45) is 0 Å². The van der Waals surface area contributed by atoms with Gasteiger partial charge in [0.15, 0.2) is 0 Å². The Balaban J connectivity index is 1.61. The van der Waals surface area contributed by atoms with Crippen molar-refractivity contribution in [2.45, 2.75) is 6.54 Å². The van der Waals surface area contributed by atoms with Gasteiger partial charge < -0.3 is 9.72 Å². The molecule has 4 heterocycles. The molecule has 0 amide bonds. The number of nitrogens with zero attached hydrogens (tertiary/aromatic N) is 3. The Bertz CT molecular complexity index is 877.